The number of halogens is 4. The standard InChI is InChI=1S/C14H10ClF2IO/c15-12-6-9(1-2-13(12)18)14(19)5-8-3-10(16)7-11(17)4-8/h1-4,6-7,14,19H,5H2. The zero-order valence-corrected chi connectivity index (χ0v) is 12.6. The van der Waals surface area contributed by atoms with E-state index in [1.807, 2.05) is 0 Å². The predicted molar refractivity (Wildman–Crippen MR) is 79.2 cm³/mol. The summed E-state index contributed by atoms with van der Waals surface area (Å²) in [6, 6.07) is 8.41. The van der Waals surface area contributed by atoms with Crippen LogP contribution in [0.3, 0.4) is 0 Å². The third kappa shape index (κ3) is 3.87. The van der Waals surface area contributed by atoms with Gasteiger partial charge in [-0.2, -0.15) is 0 Å². The zero-order valence-electron chi connectivity index (χ0n) is 9.71. The van der Waals surface area contributed by atoms with E-state index in [1.165, 1.54) is 12.1 Å². The van der Waals surface area contributed by atoms with Crippen molar-refractivity contribution < 1.29 is 13.9 Å². The Bertz CT molecular complexity index is 584. The summed E-state index contributed by atoms with van der Waals surface area (Å²) in [5, 5.41) is 10.6. The lowest BCUT2D eigenvalue weighted by molar-refractivity contribution is 0.178. The molecule has 0 saturated heterocycles. The average molecular weight is 395 g/mol. The minimum absolute atomic E-state index is 0.131. The number of benzene rings is 2. The number of rotatable bonds is 3. The van der Waals surface area contributed by atoms with E-state index in [-0.39, 0.29) is 6.42 Å². The van der Waals surface area contributed by atoms with E-state index in [0.29, 0.717) is 16.1 Å². The third-order valence-corrected chi connectivity index (χ3v) is 4.25. The van der Waals surface area contributed by atoms with Crippen LogP contribution in [-0.2, 0) is 6.42 Å². The Hall–Kier alpha value is -0.720. The SMILES string of the molecule is OC(Cc1cc(F)cc(F)c1)c1ccc(I)c(Cl)c1. The molecule has 0 amide bonds. The van der Waals surface area contributed by atoms with E-state index in [0.717, 1.165) is 9.64 Å². The number of hydrogen-bond acceptors (Lipinski definition) is 1. The second kappa shape index (κ2) is 6.15. The van der Waals surface area contributed by atoms with Gasteiger partial charge in [-0.05, 0) is 58.0 Å². The van der Waals surface area contributed by atoms with Crippen LogP contribution in [0.4, 0.5) is 8.78 Å². The molecule has 0 saturated carbocycles. The van der Waals surface area contributed by atoms with Crippen LogP contribution < -0.4 is 0 Å². The molecule has 1 N–H and O–H groups in total. The highest BCUT2D eigenvalue weighted by Gasteiger charge is 2.11. The monoisotopic (exact) mass is 394 g/mol. The fourth-order valence-electron chi connectivity index (χ4n) is 1.79. The molecule has 5 heteroatoms. The van der Waals surface area contributed by atoms with E-state index in [1.54, 1.807) is 18.2 Å². The number of aliphatic hydroxyl groups excluding tert-OH is 1. The summed E-state index contributed by atoms with van der Waals surface area (Å²) in [6.07, 6.45) is -0.721. The lowest BCUT2D eigenvalue weighted by Crippen LogP contribution is -2.03. The van der Waals surface area contributed by atoms with Crippen molar-refractivity contribution >= 4 is 34.2 Å². The smallest absolute Gasteiger partial charge is 0.126 e. The van der Waals surface area contributed by atoms with Gasteiger partial charge in [0, 0.05) is 16.1 Å². The van der Waals surface area contributed by atoms with Crippen LogP contribution in [0.25, 0.3) is 0 Å². The molecule has 0 aliphatic heterocycles. The Morgan fingerprint density at radius 1 is 1.11 bits per heavy atom. The van der Waals surface area contributed by atoms with Gasteiger partial charge in [-0.1, -0.05) is 17.7 Å². The van der Waals surface area contributed by atoms with Gasteiger partial charge in [-0.15, -0.1) is 0 Å². The Morgan fingerprint density at radius 3 is 2.32 bits per heavy atom. The summed E-state index contributed by atoms with van der Waals surface area (Å²) < 4.78 is 27.0. The van der Waals surface area contributed by atoms with Crippen LogP contribution in [0.1, 0.15) is 17.2 Å². The van der Waals surface area contributed by atoms with Gasteiger partial charge in [0.25, 0.3) is 0 Å². The third-order valence-electron chi connectivity index (χ3n) is 2.68. The van der Waals surface area contributed by atoms with Gasteiger partial charge < -0.3 is 5.11 Å². The van der Waals surface area contributed by atoms with Crippen LogP contribution in [0.5, 0.6) is 0 Å². The fourth-order valence-corrected chi connectivity index (χ4v) is 2.31. The normalized spacial score (nSPS) is 12.5. The summed E-state index contributed by atoms with van der Waals surface area (Å²) >= 11 is 8.06. The van der Waals surface area contributed by atoms with Gasteiger partial charge in [-0.25, -0.2) is 8.78 Å². The molecule has 0 aliphatic rings. The molecule has 0 radical (unpaired) electrons. The van der Waals surface area contributed by atoms with Gasteiger partial charge in [0.1, 0.15) is 11.6 Å². The number of hydrogen-bond donors (Lipinski definition) is 1. The van der Waals surface area contributed by atoms with Gasteiger partial charge >= 0.3 is 0 Å². The molecule has 2 aromatic carbocycles. The fraction of sp³-hybridized carbons (Fsp3) is 0.143. The molecule has 0 spiro atoms. The minimum Gasteiger partial charge on any atom is -0.388 e. The highest BCUT2D eigenvalue weighted by atomic mass is 127. The number of aliphatic hydroxyl groups is 1. The van der Waals surface area contributed by atoms with Crippen LogP contribution in [0.2, 0.25) is 5.02 Å². The first-order valence-corrected chi connectivity index (χ1v) is 6.99. The Morgan fingerprint density at radius 2 is 1.74 bits per heavy atom. The lowest BCUT2D eigenvalue weighted by Gasteiger charge is -2.12. The molecular weight excluding hydrogens is 385 g/mol. The molecule has 1 nitrogen and oxygen atoms in total. The maximum absolute atomic E-state index is 13.1. The maximum atomic E-state index is 13.1. The van der Waals surface area contributed by atoms with Gasteiger partial charge in [-0.3, -0.25) is 0 Å². The molecular formula is C14H10ClF2IO. The van der Waals surface area contributed by atoms with Crippen molar-refractivity contribution in [1.29, 1.82) is 0 Å². The summed E-state index contributed by atoms with van der Waals surface area (Å²) in [5.74, 6) is -1.30. The second-order valence-corrected chi connectivity index (χ2v) is 5.74. The zero-order chi connectivity index (χ0) is 14.0. The van der Waals surface area contributed by atoms with Crippen molar-refractivity contribution in [2.24, 2.45) is 0 Å². The van der Waals surface area contributed by atoms with Crippen molar-refractivity contribution in [3.05, 3.63) is 67.8 Å². The molecule has 1 unspecified atom stereocenters. The summed E-state index contributed by atoms with van der Waals surface area (Å²) in [5.41, 5.74) is 1.02. The maximum Gasteiger partial charge on any atom is 0.126 e. The van der Waals surface area contributed by atoms with Crippen molar-refractivity contribution in [2.45, 2.75) is 12.5 Å². The first-order valence-electron chi connectivity index (χ1n) is 5.53. The molecule has 1 atom stereocenters. The van der Waals surface area contributed by atoms with Crippen molar-refractivity contribution in [3.8, 4) is 0 Å². The predicted octanol–water partition coefficient (Wildman–Crippen LogP) is 4.50. The molecule has 2 rings (SSSR count). The topological polar surface area (TPSA) is 20.2 Å². The van der Waals surface area contributed by atoms with Crippen LogP contribution in [-0.4, -0.2) is 5.11 Å². The Balaban J connectivity index is 2.20. The summed E-state index contributed by atoms with van der Waals surface area (Å²) in [4.78, 5) is 0. The highest BCUT2D eigenvalue weighted by Crippen LogP contribution is 2.25. The van der Waals surface area contributed by atoms with Crippen molar-refractivity contribution in [1.82, 2.24) is 0 Å². The average Bonchev–Trinajstić information content (AvgIpc) is 2.31. The van der Waals surface area contributed by atoms with E-state index < -0.39 is 17.7 Å². The first-order chi connectivity index (χ1) is 8.95. The summed E-state index contributed by atoms with van der Waals surface area (Å²) in [6.45, 7) is 0. The van der Waals surface area contributed by atoms with E-state index >= 15 is 0 Å². The quantitative estimate of drug-likeness (QED) is 0.760. The minimum atomic E-state index is -0.851. The lowest BCUT2D eigenvalue weighted by atomic mass is 10.0. The van der Waals surface area contributed by atoms with E-state index in [2.05, 4.69) is 22.6 Å². The molecule has 0 aliphatic carbocycles. The van der Waals surface area contributed by atoms with Crippen molar-refractivity contribution in [2.75, 3.05) is 0 Å². The summed E-state index contributed by atoms with van der Waals surface area (Å²) in [7, 11) is 0. The van der Waals surface area contributed by atoms with E-state index in [4.69, 9.17) is 11.6 Å². The largest absolute Gasteiger partial charge is 0.388 e. The molecule has 0 fully saturated rings. The van der Waals surface area contributed by atoms with Gasteiger partial charge in [0.2, 0.25) is 0 Å². The molecule has 19 heavy (non-hydrogen) atoms. The Labute approximate surface area is 128 Å². The van der Waals surface area contributed by atoms with Gasteiger partial charge in [0.05, 0.1) is 11.1 Å². The van der Waals surface area contributed by atoms with Gasteiger partial charge in [0.15, 0.2) is 0 Å². The molecule has 0 bridgehead atoms. The second-order valence-electron chi connectivity index (χ2n) is 4.17. The molecule has 100 valence electrons. The molecule has 0 aromatic heterocycles. The van der Waals surface area contributed by atoms with Crippen LogP contribution >= 0.6 is 34.2 Å². The first kappa shape index (κ1) is 14.7. The van der Waals surface area contributed by atoms with Crippen LogP contribution in [0, 0.1) is 15.2 Å². The van der Waals surface area contributed by atoms with Crippen molar-refractivity contribution in [3.63, 3.8) is 0 Å². The molecule has 0 heterocycles. The highest BCUT2D eigenvalue weighted by molar-refractivity contribution is 14.1. The molecule has 2 aromatic rings. The van der Waals surface area contributed by atoms with E-state index in [9.17, 15) is 13.9 Å². The van der Waals surface area contributed by atoms with Crippen LogP contribution in [0.15, 0.2) is 36.4 Å². The Kier molecular flexibility index (Phi) is 4.76.